The molecule has 1 aromatic carbocycles. The summed E-state index contributed by atoms with van der Waals surface area (Å²) >= 11 is 0. The summed E-state index contributed by atoms with van der Waals surface area (Å²) in [5.74, 6) is 0.249. The number of benzene rings is 1. The molecule has 1 aliphatic heterocycles. The first-order valence-electron chi connectivity index (χ1n) is 8.31. The monoisotopic (exact) mass is 347 g/mol. The van der Waals surface area contributed by atoms with Gasteiger partial charge in [0.1, 0.15) is 5.82 Å². The zero-order chi connectivity index (χ0) is 18.2. The van der Waals surface area contributed by atoms with Gasteiger partial charge < -0.3 is 14.4 Å². The highest BCUT2D eigenvalue weighted by Gasteiger charge is 2.50. The lowest BCUT2D eigenvalue weighted by Gasteiger charge is -2.48. The Morgan fingerprint density at radius 1 is 1.44 bits per heavy atom. The first-order valence-corrected chi connectivity index (χ1v) is 8.31. The van der Waals surface area contributed by atoms with Crippen molar-refractivity contribution in [3.8, 4) is 11.5 Å². The van der Waals surface area contributed by atoms with Crippen LogP contribution in [-0.4, -0.2) is 45.8 Å². The Hall–Kier alpha value is -2.28. The summed E-state index contributed by atoms with van der Waals surface area (Å²) < 4.78 is 19.1. The van der Waals surface area contributed by atoms with Gasteiger partial charge in [-0.15, -0.1) is 10.2 Å². The third kappa shape index (κ3) is 3.04. The largest absolute Gasteiger partial charge is 0.420 e. The Morgan fingerprint density at radius 3 is 2.76 bits per heavy atom. The minimum Gasteiger partial charge on any atom is -0.420 e. The third-order valence-electron chi connectivity index (χ3n) is 5.03. The van der Waals surface area contributed by atoms with Crippen LogP contribution in [0.25, 0.3) is 11.5 Å². The topological polar surface area (TPSA) is 79.5 Å². The van der Waals surface area contributed by atoms with Crippen LogP contribution < -0.4 is 0 Å². The number of hydrogen-bond acceptors (Lipinski definition) is 5. The van der Waals surface area contributed by atoms with E-state index in [4.69, 9.17) is 4.42 Å². The molecule has 1 fully saturated rings. The fourth-order valence-corrected chi connectivity index (χ4v) is 2.99. The van der Waals surface area contributed by atoms with E-state index in [9.17, 15) is 14.3 Å². The fraction of sp³-hybridized carbons (Fsp3) is 0.500. The van der Waals surface area contributed by atoms with Gasteiger partial charge in [-0.05, 0) is 38.5 Å². The maximum Gasteiger partial charge on any atom is 0.247 e. The summed E-state index contributed by atoms with van der Waals surface area (Å²) in [4.78, 5) is 14.3. The van der Waals surface area contributed by atoms with Crippen molar-refractivity contribution in [3.05, 3.63) is 36.0 Å². The van der Waals surface area contributed by atoms with Gasteiger partial charge in [-0.2, -0.15) is 0 Å². The summed E-state index contributed by atoms with van der Waals surface area (Å²) in [5.41, 5.74) is -0.672. The third-order valence-corrected chi connectivity index (χ3v) is 5.03. The van der Waals surface area contributed by atoms with E-state index in [1.54, 1.807) is 24.0 Å². The molecule has 2 heterocycles. The molecule has 1 unspecified atom stereocenters. The zero-order valence-electron chi connectivity index (χ0n) is 14.6. The maximum atomic E-state index is 13.3. The second-order valence-corrected chi connectivity index (χ2v) is 7.22. The van der Waals surface area contributed by atoms with E-state index in [1.165, 1.54) is 12.1 Å². The highest BCUT2D eigenvalue weighted by Crippen LogP contribution is 2.37. The van der Waals surface area contributed by atoms with E-state index in [1.807, 2.05) is 13.8 Å². The van der Waals surface area contributed by atoms with E-state index >= 15 is 0 Å². The Balaban J connectivity index is 1.73. The molecule has 3 rings (SSSR count). The van der Waals surface area contributed by atoms with E-state index in [0.29, 0.717) is 31.0 Å². The molecule has 1 aliphatic rings. The average molecular weight is 347 g/mol. The molecule has 134 valence electrons. The summed E-state index contributed by atoms with van der Waals surface area (Å²) in [6.45, 7) is 6.32. The fourth-order valence-electron chi connectivity index (χ4n) is 2.99. The lowest BCUT2D eigenvalue weighted by atomic mass is 9.78. The zero-order valence-corrected chi connectivity index (χ0v) is 14.6. The van der Waals surface area contributed by atoms with Crippen molar-refractivity contribution in [1.82, 2.24) is 15.1 Å². The van der Waals surface area contributed by atoms with Gasteiger partial charge in [0.15, 0.2) is 0 Å². The highest BCUT2D eigenvalue weighted by molar-refractivity contribution is 5.83. The van der Waals surface area contributed by atoms with Crippen LogP contribution >= 0.6 is 0 Å². The van der Waals surface area contributed by atoms with Crippen LogP contribution in [0.1, 0.15) is 33.1 Å². The summed E-state index contributed by atoms with van der Waals surface area (Å²) in [7, 11) is 0. The molecule has 0 radical (unpaired) electrons. The van der Waals surface area contributed by atoms with Crippen LogP contribution in [0, 0.1) is 11.2 Å². The van der Waals surface area contributed by atoms with Crippen LogP contribution in [0.2, 0.25) is 0 Å². The number of hydrogen-bond donors (Lipinski definition) is 1. The lowest BCUT2D eigenvalue weighted by Crippen LogP contribution is -2.62. The van der Waals surface area contributed by atoms with Gasteiger partial charge >= 0.3 is 0 Å². The SMILES string of the molecule is CCC(C)(CO)C(=O)N1CC(C)(c2nnc(-c3cccc(F)c3)o2)C1. The van der Waals surface area contributed by atoms with Crippen LogP contribution in [0.5, 0.6) is 0 Å². The molecule has 1 amide bonds. The summed E-state index contributed by atoms with van der Waals surface area (Å²) in [6.07, 6.45) is 0.569. The molecular weight excluding hydrogens is 325 g/mol. The Morgan fingerprint density at radius 2 is 2.16 bits per heavy atom. The minimum absolute atomic E-state index is 0.0696. The molecule has 0 saturated carbocycles. The number of amides is 1. The van der Waals surface area contributed by atoms with Crippen molar-refractivity contribution >= 4 is 5.91 Å². The number of carbonyl (C=O) groups is 1. The molecule has 0 aliphatic carbocycles. The van der Waals surface area contributed by atoms with Crippen molar-refractivity contribution in [1.29, 1.82) is 0 Å². The number of aliphatic hydroxyl groups excluding tert-OH is 1. The minimum atomic E-state index is -0.761. The van der Waals surface area contributed by atoms with Crippen LogP contribution in [0.15, 0.2) is 28.7 Å². The van der Waals surface area contributed by atoms with Crippen molar-refractivity contribution in [2.45, 2.75) is 32.6 Å². The molecule has 1 saturated heterocycles. The van der Waals surface area contributed by atoms with Gasteiger partial charge in [-0.1, -0.05) is 13.0 Å². The molecule has 1 N–H and O–H groups in total. The van der Waals surface area contributed by atoms with Gasteiger partial charge in [-0.25, -0.2) is 4.39 Å². The predicted molar refractivity (Wildman–Crippen MR) is 89.1 cm³/mol. The Kier molecular flexibility index (Phi) is 4.36. The smallest absolute Gasteiger partial charge is 0.247 e. The summed E-state index contributed by atoms with van der Waals surface area (Å²) in [6, 6.07) is 5.97. The highest BCUT2D eigenvalue weighted by atomic mass is 19.1. The van der Waals surface area contributed by atoms with Crippen LogP contribution in [0.3, 0.4) is 0 Å². The van der Waals surface area contributed by atoms with Gasteiger partial charge in [0, 0.05) is 18.7 Å². The van der Waals surface area contributed by atoms with E-state index in [0.717, 1.165) is 0 Å². The average Bonchev–Trinajstić information content (AvgIpc) is 3.08. The normalized spacial score (nSPS) is 18.5. The van der Waals surface area contributed by atoms with Crippen molar-refractivity contribution < 1.29 is 18.7 Å². The number of likely N-dealkylation sites (tertiary alicyclic amines) is 1. The standard InChI is InChI=1S/C18H22FN3O3/c1-4-17(2,11-23)16(24)22-9-18(3,10-22)15-21-20-14(25-15)12-6-5-7-13(19)8-12/h5-8,23H,4,9-11H2,1-3H3. The van der Waals surface area contributed by atoms with Gasteiger partial charge in [0.05, 0.1) is 17.4 Å². The molecule has 6 nitrogen and oxygen atoms in total. The second-order valence-electron chi connectivity index (χ2n) is 7.22. The first kappa shape index (κ1) is 17.5. The van der Waals surface area contributed by atoms with Gasteiger partial charge in [-0.3, -0.25) is 4.79 Å². The maximum absolute atomic E-state index is 13.3. The summed E-state index contributed by atoms with van der Waals surface area (Å²) in [5, 5.41) is 17.6. The number of halogens is 1. The van der Waals surface area contributed by atoms with E-state index in [-0.39, 0.29) is 24.2 Å². The molecule has 7 heteroatoms. The van der Waals surface area contributed by atoms with Crippen LogP contribution in [-0.2, 0) is 10.2 Å². The Bertz CT molecular complexity index is 779. The Labute approximate surface area is 145 Å². The molecule has 0 spiro atoms. The number of aromatic nitrogens is 2. The quantitative estimate of drug-likeness (QED) is 0.898. The second kappa shape index (κ2) is 6.22. The molecular formula is C18H22FN3O3. The van der Waals surface area contributed by atoms with Crippen LogP contribution in [0.4, 0.5) is 4.39 Å². The molecule has 25 heavy (non-hydrogen) atoms. The van der Waals surface area contributed by atoms with Crippen molar-refractivity contribution in [2.24, 2.45) is 5.41 Å². The lowest BCUT2D eigenvalue weighted by molar-refractivity contribution is -0.152. The molecule has 2 aromatic rings. The predicted octanol–water partition coefficient (Wildman–Crippen LogP) is 2.38. The molecule has 1 aromatic heterocycles. The molecule has 0 bridgehead atoms. The number of nitrogens with zero attached hydrogens (tertiary/aromatic N) is 3. The van der Waals surface area contributed by atoms with E-state index < -0.39 is 10.8 Å². The van der Waals surface area contributed by atoms with Crippen molar-refractivity contribution in [3.63, 3.8) is 0 Å². The first-order chi connectivity index (χ1) is 11.8. The van der Waals surface area contributed by atoms with E-state index in [2.05, 4.69) is 10.2 Å². The van der Waals surface area contributed by atoms with Crippen molar-refractivity contribution in [2.75, 3.05) is 19.7 Å². The van der Waals surface area contributed by atoms with Gasteiger partial charge in [0.25, 0.3) is 0 Å². The number of rotatable bonds is 5. The number of aliphatic hydroxyl groups is 1. The molecule has 1 atom stereocenters. The van der Waals surface area contributed by atoms with Gasteiger partial charge in [0.2, 0.25) is 17.7 Å². The number of carbonyl (C=O) groups excluding carboxylic acids is 1.